The van der Waals surface area contributed by atoms with Crippen LogP contribution in [0.3, 0.4) is 0 Å². The number of ether oxygens (including phenoxy) is 1. The van der Waals surface area contributed by atoms with Gasteiger partial charge in [-0.15, -0.1) is 0 Å². The van der Waals surface area contributed by atoms with Crippen molar-refractivity contribution in [2.24, 2.45) is 5.92 Å². The number of fused-ring (bicyclic) bond motifs is 4. The number of amides is 1. The summed E-state index contributed by atoms with van der Waals surface area (Å²) in [4.78, 5) is 17.7. The van der Waals surface area contributed by atoms with Crippen molar-refractivity contribution in [2.45, 2.75) is 31.4 Å². The van der Waals surface area contributed by atoms with E-state index < -0.39 is 0 Å². The second-order valence-corrected chi connectivity index (χ2v) is 8.83. The molecule has 4 aliphatic rings. The van der Waals surface area contributed by atoms with Crippen molar-refractivity contribution in [3.8, 4) is 0 Å². The Morgan fingerprint density at radius 1 is 1.22 bits per heavy atom. The van der Waals surface area contributed by atoms with Gasteiger partial charge in [0.2, 0.25) is 0 Å². The van der Waals surface area contributed by atoms with Crippen LogP contribution in [0.5, 0.6) is 0 Å². The number of nitrogens with one attached hydrogen (secondary N) is 1. The third-order valence-electron chi connectivity index (χ3n) is 6.49. The third-order valence-corrected chi connectivity index (χ3v) is 7.30. The smallest absolute Gasteiger partial charge is 0.271 e. The van der Waals surface area contributed by atoms with Gasteiger partial charge in [-0.05, 0) is 68.0 Å². The van der Waals surface area contributed by atoms with Crippen LogP contribution in [0.15, 0.2) is 18.2 Å². The normalized spacial score (nSPS) is 30.2. The van der Waals surface area contributed by atoms with Crippen LogP contribution in [0.2, 0.25) is 0 Å². The molecule has 4 saturated heterocycles. The zero-order chi connectivity index (χ0) is 18.4. The van der Waals surface area contributed by atoms with Crippen LogP contribution in [0, 0.1) is 5.92 Å². The van der Waals surface area contributed by atoms with Gasteiger partial charge in [0.25, 0.3) is 5.91 Å². The van der Waals surface area contributed by atoms with Crippen LogP contribution in [0.4, 0.5) is 5.69 Å². The van der Waals surface area contributed by atoms with E-state index in [1.54, 1.807) is 7.11 Å². The van der Waals surface area contributed by atoms with Gasteiger partial charge < -0.3 is 19.9 Å². The number of methoxy groups -OCH3 is 1. The maximum atomic E-state index is 12.9. The van der Waals surface area contributed by atoms with Crippen molar-refractivity contribution in [1.29, 1.82) is 0 Å². The molecule has 1 N–H and O–H groups in total. The summed E-state index contributed by atoms with van der Waals surface area (Å²) in [5.74, 6) is 0.604. The van der Waals surface area contributed by atoms with Crippen molar-refractivity contribution >= 4 is 33.2 Å². The number of aromatic nitrogens is 1. The van der Waals surface area contributed by atoms with Crippen molar-refractivity contribution < 1.29 is 9.53 Å². The lowest BCUT2D eigenvalue weighted by molar-refractivity contribution is 0.0619. The van der Waals surface area contributed by atoms with Gasteiger partial charge in [0.05, 0.1) is 10.8 Å². The number of rotatable bonds is 4. The molecule has 2 bridgehead atoms. The van der Waals surface area contributed by atoms with Crippen LogP contribution >= 0.6 is 11.5 Å². The van der Waals surface area contributed by atoms with E-state index >= 15 is 0 Å². The van der Waals surface area contributed by atoms with Crippen molar-refractivity contribution in [2.75, 3.05) is 44.7 Å². The lowest BCUT2D eigenvalue weighted by Crippen LogP contribution is -2.57. The third kappa shape index (κ3) is 3.22. The average Bonchev–Trinajstić information content (AvgIpc) is 3.35. The molecule has 2 atom stereocenters. The van der Waals surface area contributed by atoms with Gasteiger partial charge in [0.15, 0.2) is 0 Å². The first-order valence-corrected chi connectivity index (χ1v) is 10.7. The number of hydrogen-bond acceptors (Lipinski definition) is 6. The Kier molecular flexibility index (Phi) is 4.53. The van der Waals surface area contributed by atoms with Gasteiger partial charge in [-0.25, -0.2) is 0 Å². The largest absolute Gasteiger partial charge is 0.380 e. The van der Waals surface area contributed by atoms with E-state index in [9.17, 15) is 4.79 Å². The highest BCUT2D eigenvalue weighted by atomic mass is 32.1. The van der Waals surface area contributed by atoms with Crippen molar-refractivity contribution in [3.63, 3.8) is 0 Å². The Balaban J connectivity index is 1.33. The van der Waals surface area contributed by atoms with Crippen LogP contribution in [-0.2, 0) is 4.74 Å². The summed E-state index contributed by atoms with van der Waals surface area (Å²) >= 11 is 1.42. The molecule has 0 aliphatic carbocycles. The lowest BCUT2D eigenvalue weighted by Gasteiger charge is -2.44. The maximum absolute atomic E-state index is 12.9. The van der Waals surface area contributed by atoms with E-state index in [1.165, 1.54) is 43.2 Å². The second-order valence-electron chi connectivity index (χ2n) is 8.02. The number of piperidine rings is 3. The van der Waals surface area contributed by atoms with E-state index in [4.69, 9.17) is 4.74 Å². The molecule has 144 valence electrons. The molecule has 4 fully saturated rings. The SMILES string of the molecule is COC1CCN(c2ccc3c(C(=O)N[C@H]4CN5CCC4CC5)nsc3c2)C1. The Morgan fingerprint density at radius 3 is 2.78 bits per heavy atom. The fraction of sp³-hybridized carbons (Fsp3) is 0.600. The Hall–Kier alpha value is -1.70. The lowest BCUT2D eigenvalue weighted by atomic mass is 9.84. The van der Waals surface area contributed by atoms with Crippen LogP contribution in [-0.4, -0.2) is 67.2 Å². The number of benzene rings is 1. The summed E-state index contributed by atoms with van der Waals surface area (Å²) in [6.07, 6.45) is 3.77. The fourth-order valence-corrected chi connectivity index (χ4v) is 5.61. The minimum atomic E-state index is -0.0200. The van der Waals surface area contributed by atoms with Gasteiger partial charge in [-0.2, -0.15) is 4.37 Å². The van der Waals surface area contributed by atoms with E-state index in [2.05, 4.69) is 37.7 Å². The number of carbonyl (C=O) groups excluding carboxylic acids is 1. The zero-order valence-electron chi connectivity index (χ0n) is 15.7. The molecule has 7 heteroatoms. The molecule has 4 aliphatic heterocycles. The minimum Gasteiger partial charge on any atom is -0.380 e. The first-order valence-electron chi connectivity index (χ1n) is 9.91. The summed E-state index contributed by atoms with van der Waals surface area (Å²) in [5.41, 5.74) is 1.77. The molecule has 0 radical (unpaired) electrons. The van der Waals surface area contributed by atoms with Gasteiger partial charge >= 0.3 is 0 Å². The minimum absolute atomic E-state index is 0.0200. The first-order chi connectivity index (χ1) is 13.2. The number of nitrogens with zero attached hydrogens (tertiary/aromatic N) is 3. The van der Waals surface area contributed by atoms with Crippen LogP contribution in [0.1, 0.15) is 29.8 Å². The average molecular weight is 387 g/mol. The second kappa shape index (κ2) is 7.04. The van der Waals surface area contributed by atoms with Gasteiger partial charge in [-0.1, -0.05) is 0 Å². The van der Waals surface area contributed by atoms with E-state index in [0.29, 0.717) is 17.7 Å². The molecular formula is C20H26N4O2S. The fourth-order valence-electron chi connectivity index (χ4n) is 4.81. The van der Waals surface area contributed by atoms with Crippen LogP contribution < -0.4 is 10.2 Å². The Morgan fingerprint density at radius 2 is 2.07 bits per heavy atom. The topological polar surface area (TPSA) is 57.7 Å². The molecule has 5 heterocycles. The molecular weight excluding hydrogens is 360 g/mol. The molecule has 1 aromatic carbocycles. The predicted octanol–water partition coefficient (Wildman–Crippen LogP) is 2.35. The van der Waals surface area contributed by atoms with E-state index in [0.717, 1.165) is 36.1 Å². The number of carbonyl (C=O) groups is 1. The molecule has 1 aromatic heterocycles. The summed E-state index contributed by atoms with van der Waals surface area (Å²) < 4.78 is 11.0. The zero-order valence-corrected chi connectivity index (χ0v) is 16.5. The highest BCUT2D eigenvalue weighted by molar-refractivity contribution is 7.13. The molecule has 1 amide bonds. The predicted molar refractivity (Wildman–Crippen MR) is 108 cm³/mol. The molecule has 27 heavy (non-hydrogen) atoms. The van der Waals surface area contributed by atoms with Gasteiger partial charge in [-0.3, -0.25) is 4.79 Å². The Bertz CT molecular complexity index is 846. The number of anilines is 1. The highest BCUT2D eigenvalue weighted by Crippen LogP contribution is 2.31. The van der Waals surface area contributed by atoms with Crippen molar-refractivity contribution in [3.05, 3.63) is 23.9 Å². The summed E-state index contributed by atoms with van der Waals surface area (Å²) in [6.45, 7) is 5.28. The van der Waals surface area contributed by atoms with Crippen molar-refractivity contribution in [1.82, 2.24) is 14.6 Å². The standard InChI is InChI=1S/C20H26N4O2S/c1-26-15-6-9-24(11-15)14-2-3-16-18(10-14)27-22-19(16)20(25)21-17-12-23-7-4-13(17)5-8-23/h2-3,10,13,15,17H,4-9,11-12H2,1H3,(H,21,25)/t15?,17-/m0/s1. The Labute approximate surface area is 163 Å². The van der Waals surface area contributed by atoms with E-state index in [-0.39, 0.29) is 11.9 Å². The molecule has 6 nitrogen and oxygen atoms in total. The molecule has 0 spiro atoms. The molecule has 2 aromatic rings. The summed E-state index contributed by atoms with van der Waals surface area (Å²) in [5, 5.41) is 4.23. The first kappa shape index (κ1) is 17.4. The molecule has 0 saturated carbocycles. The summed E-state index contributed by atoms with van der Waals surface area (Å²) in [7, 11) is 1.78. The molecule has 1 unspecified atom stereocenters. The quantitative estimate of drug-likeness (QED) is 0.874. The molecule has 6 rings (SSSR count). The summed E-state index contributed by atoms with van der Waals surface area (Å²) in [6, 6.07) is 6.60. The van der Waals surface area contributed by atoms with E-state index in [1.807, 2.05) is 0 Å². The van der Waals surface area contributed by atoms with Gasteiger partial charge in [0, 0.05) is 43.9 Å². The number of hydrogen-bond donors (Lipinski definition) is 1. The van der Waals surface area contributed by atoms with Crippen LogP contribution in [0.25, 0.3) is 10.1 Å². The van der Waals surface area contributed by atoms with Gasteiger partial charge in [0.1, 0.15) is 5.69 Å². The monoisotopic (exact) mass is 386 g/mol. The highest BCUT2D eigenvalue weighted by Gasteiger charge is 2.35. The maximum Gasteiger partial charge on any atom is 0.271 e.